The van der Waals surface area contributed by atoms with E-state index in [0.29, 0.717) is 24.3 Å². The third-order valence-electron chi connectivity index (χ3n) is 4.91. The second kappa shape index (κ2) is 4.49. The van der Waals surface area contributed by atoms with E-state index in [2.05, 4.69) is 25.7 Å². The zero-order chi connectivity index (χ0) is 13.6. The number of hydrogen-bond donors (Lipinski definition) is 2. The molecular weight excluding hydrogens is 228 g/mol. The highest BCUT2D eigenvalue weighted by molar-refractivity contribution is 5.79. The van der Waals surface area contributed by atoms with Crippen LogP contribution in [0.1, 0.15) is 46.5 Å². The number of likely N-dealkylation sites (tertiary alicyclic amines) is 1. The summed E-state index contributed by atoms with van der Waals surface area (Å²) in [5.41, 5.74) is 5.32. The molecule has 0 radical (unpaired) electrons. The molecule has 104 valence electrons. The first-order valence-corrected chi connectivity index (χ1v) is 6.99. The van der Waals surface area contributed by atoms with E-state index >= 15 is 0 Å². The number of carbonyl (C=O) groups is 1. The Morgan fingerprint density at radius 2 is 2.06 bits per heavy atom. The van der Waals surface area contributed by atoms with Gasteiger partial charge in [-0.25, -0.2) is 0 Å². The van der Waals surface area contributed by atoms with Gasteiger partial charge < -0.3 is 10.8 Å². The third-order valence-corrected chi connectivity index (χ3v) is 4.91. The van der Waals surface area contributed by atoms with E-state index in [0.717, 1.165) is 25.4 Å². The molecule has 0 aromatic rings. The largest absolute Gasteiger partial charge is 0.480 e. The topological polar surface area (TPSA) is 66.6 Å². The molecule has 1 aliphatic carbocycles. The fourth-order valence-electron chi connectivity index (χ4n) is 3.38. The molecule has 0 aromatic carbocycles. The summed E-state index contributed by atoms with van der Waals surface area (Å²) in [7, 11) is 0. The SMILES string of the molecule is CC(C)(C)C1CCN(C2CCC(N)(C(=O)O)C2)C1. The predicted molar refractivity (Wildman–Crippen MR) is 71.3 cm³/mol. The van der Waals surface area contributed by atoms with Crippen molar-refractivity contribution < 1.29 is 9.90 Å². The Kier molecular flexibility index (Phi) is 3.45. The van der Waals surface area contributed by atoms with Crippen molar-refractivity contribution in [3.05, 3.63) is 0 Å². The van der Waals surface area contributed by atoms with Gasteiger partial charge in [-0.2, -0.15) is 0 Å². The molecule has 2 aliphatic rings. The first-order valence-electron chi connectivity index (χ1n) is 6.99. The average Bonchev–Trinajstić information content (AvgIpc) is 2.82. The van der Waals surface area contributed by atoms with Crippen LogP contribution in [0.3, 0.4) is 0 Å². The van der Waals surface area contributed by atoms with E-state index < -0.39 is 11.5 Å². The van der Waals surface area contributed by atoms with E-state index in [1.54, 1.807) is 0 Å². The minimum Gasteiger partial charge on any atom is -0.480 e. The lowest BCUT2D eigenvalue weighted by Gasteiger charge is -2.29. The van der Waals surface area contributed by atoms with Crippen molar-refractivity contribution in [2.24, 2.45) is 17.1 Å². The molecule has 0 aromatic heterocycles. The molecule has 4 heteroatoms. The second-order valence-electron chi connectivity index (χ2n) is 7.20. The molecule has 1 aliphatic heterocycles. The molecule has 3 N–H and O–H groups in total. The summed E-state index contributed by atoms with van der Waals surface area (Å²) in [5.74, 6) is -0.119. The minimum absolute atomic E-state index is 0.347. The van der Waals surface area contributed by atoms with Crippen LogP contribution in [0, 0.1) is 11.3 Å². The van der Waals surface area contributed by atoms with Crippen molar-refractivity contribution in [1.29, 1.82) is 0 Å². The van der Waals surface area contributed by atoms with Crippen molar-refractivity contribution in [2.75, 3.05) is 13.1 Å². The van der Waals surface area contributed by atoms with Crippen LogP contribution in [0.5, 0.6) is 0 Å². The summed E-state index contributed by atoms with van der Waals surface area (Å²) < 4.78 is 0. The van der Waals surface area contributed by atoms with Crippen LogP contribution >= 0.6 is 0 Å². The van der Waals surface area contributed by atoms with Gasteiger partial charge >= 0.3 is 5.97 Å². The Morgan fingerprint density at radius 3 is 2.50 bits per heavy atom. The molecule has 0 amide bonds. The van der Waals surface area contributed by atoms with E-state index in [4.69, 9.17) is 5.73 Å². The Morgan fingerprint density at radius 1 is 1.39 bits per heavy atom. The van der Waals surface area contributed by atoms with Crippen molar-refractivity contribution in [2.45, 2.75) is 58.0 Å². The van der Waals surface area contributed by atoms with Crippen molar-refractivity contribution in [1.82, 2.24) is 4.90 Å². The van der Waals surface area contributed by atoms with E-state index in [1.165, 1.54) is 6.42 Å². The first kappa shape index (κ1) is 13.8. The smallest absolute Gasteiger partial charge is 0.323 e. The number of nitrogens with two attached hydrogens (primary N) is 1. The maximum Gasteiger partial charge on any atom is 0.323 e. The highest BCUT2D eigenvalue weighted by Crippen LogP contribution is 2.38. The van der Waals surface area contributed by atoms with Crippen LogP contribution < -0.4 is 5.73 Å². The van der Waals surface area contributed by atoms with Gasteiger partial charge in [-0.1, -0.05) is 20.8 Å². The number of aliphatic carboxylic acids is 1. The molecule has 2 rings (SSSR count). The van der Waals surface area contributed by atoms with Gasteiger partial charge in [0, 0.05) is 12.6 Å². The molecule has 1 saturated carbocycles. The minimum atomic E-state index is -0.982. The van der Waals surface area contributed by atoms with E-state index in [1.807, 2.05) is 0 Å². The Labute approximate surface area is 110 Å². The summed E-state index contributed by atoms with van der Waals surface area (Å²) in [4.78, 5) is 13.6. The molecule has 18 heavy (non-hydrogen) atoms. The van der Waals surface area contributed by atoms with Gasteiger partial charge in [0.2, 0.25) is 0 Å². The lowest BCUT2D eigenvalue weighted by atomic mass is 9.80. The zero-order valence-corrected chi connectivity index (χ0v) is 11.8. The normalized spacial score (nSPS) is 38.2. The van der Waals surface area contributed by atoms with Crippen molar-refractivity contribution in [3.63, 3.8) is 0 Å². The van der Waals surface area contributed by atoms with Gasteiger partial charge in [0.25, 0.3) is 0 Å². The maximum atomic E-state index is 11.2. The van der Waals surface area contributed by atoms with Gasteiger partial charge in [0.05, 0.1) is 0 Å². The summed E-state index contributed by atoms with van der Waals surface area (Å²) in [5, 5.41) is 9.17. The third kappa shape index (κ3) is 2.54. The summed E-state index contributed by atoms with van der Waals surface area (Å²) in [6, 6.07) is 0.374. The molecule has 3 atom stereocenters. The second-order valence-corrected chi connectivity index (χ2v) is 7.20. The molecule has 1 heterocycles. The first-order chi connectivity index (χ1) is 8.22. The lowest BCUT2D eigenvalue weighted by molar-refractivity contribution is -0.143. The monoisotopic (exact) mass is 254 g/mol. The fourth-order valence-corrected chi connectivity index (χ4v) is 3.38. The number of rotatable bonds is 2. The van der Waals surface area contributed by atoms with Gasteiger partial charge in [0.15, 0.2) is 0 Å². The lowest BCUT2D eigenvalue weighted by Crippen LogP contribution is -2.47. The average molecular weight is 254 g/mol. The maximum absolute atomic E-state index is 11.2. The molecule has 0 spiro atoms. The van der Waals surface area contributed by atoms with Crippen LogP contribution in [0.4, 0.5) is 0 Å². The Hall–Kier alpha value is -0.610. The molecular formula is C14H26N2O2. The number of carboxylic acids is 1. The van der Waals surface area contributed by atoms with E-state index in [9.17, 15) is 9.90 Å². The molecule has 4 nitrogen and oxygen atoms in total. The van der Waals surface area contributed by atoms with Crippen LogP contribution in [0.2, 0.25) is 0 Å². The van der Waals surface area contributed by atoms with Gasteiger partial charge in [0.1, 0.15) is 5.54 Å². The van der Waals surface area contributed by atoms with Crippen molar-refractivity contribution in [3.8, 4) is 0 Å². The van der Waals surface area contributed by atoms with Gasteiger partial charge in [-0.3, -0.25) is 9.69 Å². The highest BCUT2D eigenvalue weighted by atomic mass is 16.4. The summed E-state index contributed by atoms with van der Waals surface area (Å²) in [6.07, 6.45) is 3.38. The van der Waals surface area contributed by atoms with Crippen LogP contribution in [0.25, 0.3) is 0 Å². The molecule has 3 unspecified atom stereocenters. The fraction of sp³-hybridized carbons (Fsp3) is 0.929. The molecule has 1 saturated heterocycles. The number of hydrogen-bond acceptors (Lipinski definition) is 3. The molecule has 2 fully saturated rings. The van der Waals surface area contributed by atoms with Crippen LogP contribution in [-0.2, 0) is 4.79 Å². The zero-order valence-electron chi connectivity index (χ0n) is 11.8. The highest BCUT2D eigenvalue weighted by Gasteiger charge is 2.45. The summed E-state index contributed by atoms with van der Waals surface area (Å²) in [6.45, 7) is 9.08. The van der Waals surface area contributed by atoms with Gasteiger partial charge in [-0.15, -0.1) is 0 Å². The number of carboxylic acid groups (broad SMARTS) is 1. The summed E-state index contributed by atoms with van der Waals surface area (Å²) >= 11 is 0. The van der Waals surface area contributed by atoms with E-state index in [-0.39, 0.29) is 0 Å². The van der Waals surface area contributed by atoms with Crippen molar-refractivity contribution >= 4 is 5.97 Å². The number of nitrogens with zero attached hydrogens (tertiary/aromatic N) is 1. The quantitative estimate of drug-likeness (QED) is 0.787. The predicted octanol–water partition coefficient (Wildman–Crippen LogP) is 1.69. The van der Waals surface area contributed by atoms with Gasteiger partial charge in [-0.05, 0) is 43.6 Å². The Bertz CT molecular complexity index is 337. The van der Waals surface area contributed by atoms with Crippen LogP contribution in [-0.4, -0.2) is 40.6 Å². The Balaban J connectivity index is 1.94. The van der Waals surface area contributed by atoms with Crippen LogP contribution in [0.15, 0.2) is 0 Å². The molecule has 0 bridgehead atoms. The standard InChI is InChI=1S/C14H26N2O2/c1-13(2,3)10-5-7-16(9-10)11-4-6-14(15,8-11)12(17)18/h10-11H,4-9,15H2,1-3H3,(H,17,18).